The van der Waals surface area contributed by atoms with Gasteiger partial charge in [-0.05, 0) is 38.5 Å². The third kappa shape index (κ3) is 2.37. The average Bonchev–Trinajstić information content (AvgIpc) is 3.20. The van der Waals surface area contributed by atoms with Crippen LogP contribution in [0.4, 0.5) is 5.82 Å². The summed E-state index contributed by atoms with van der Waals surface area (Å²) in [5, 5.41) is 8.87. The van der Waals surface area contributed by atoms with E-state index < -0.39 is 0 Å². The summed E-state index contributed by atoms with van der Waals surface area (Å²) in [6.07, 6.45) is 10.2. The van der Waals surface area contributed by atoms with E-state index in [-0.39, 0.29) is 6.04 Å². The van der Waals surface area contributed by atoms with Gasteiger partial charge in [-0.1, -0.05) is 0 Å². The molecule has 0 N–H and O–H groups in total. The van der Waals surface area contributed by atoms with Gasteiger partial charge in [0.25, 0.3) is 0 Å². The first-order chi connectivity index (χ1) is 11.3. The van der Waals surface area contributed by atoms with E-state index in [9.17, 15) is 0 Å². The van der Waals surface area contributed by atoms with E-state index in [0.29, 0.717) is 5.69 Å². The van der Waals surface area contributed by atoms with Crippen LogP contribution in [0.25, 0.3) is 0 Å². The molecule has 1 atom stereocenters. The van der Waals surface area contributed by atoms with Gasteiger partial charge in [0.1, 0.15) is 17.7 Å². The maximum atomic E-state index is 8.87. The third-order valence-electron chi connectivity index (χ3n) is 5.01. The van der Waals surface area contributed by atoms with Gasteiger partial charge in [0.05, 0.1) is 24.1 Å². The predicted molar refractivity (Wildman–Crippen MR) is 85.9 cm³/mol. The van der Waals surface area contributed by atoms with Gasteiger partial charge in [-0.15, -0.1) is 0 Å². The van der Waals surface area contributed by atoms with Crippen LogP contribution in [0.5, 0.6) is 0 Å². The van der Waals surface area contributed by atoms with Gasteiger partial charge in [0, 0.05) is 19.3 Å². The van der Waals surface area contributed by atoms with Gasteiger partial charge >= 0.3 is 0 Å². The Hall–Kier alpha value is -2.42. The Morgan fingerprint density at radius 2 is 2.04 bits per heavy atom. The molecule has 1 fully saturated rings. The Bertz CT molecular complexity index is 755. The van der Waals surface area contributed by atoms with Gasteiger partial charge in [0.15, 0.2) is 5.69 Å². The molecular weight excluding hydrogens is 288 g/mol. The van der Waals surface area contributed by atoms with Crippen molar-refractivity contribution in [1.82, 2.24) is 19.5 Å². The topological polar surface area (TPSA) is 70.6 Å². The van der Waals surface area contributed by atoms with Gasteiger partial charge in [-0.25, -0.2) is 15.0 Å². The first-order valence-corrected chi connectivity index (χ1v) is 8.31. The molecule has 3 heterocycles. The fourth-order valence-electron chi connectivity index (χ4n) is 3.84. The number of hydrogen-bond acceptors (Lipinski definition) is 5. The third-order valence-corrected chi connectivity index (χ3v) is 5.01. The monoisotopic (exact) mass is 308 g/mol. The van der Waals surface area contributed by atoms with Crippen LogP contribution in [-0.4, -0.2) is 26.1 Å². The van der Waals surface area contributed by atoms with Crippen molar-refractivity contribution in [2.75, 3.05) is 11.4 Å². The number of aryl methyl sites for hydroxylation is 1. The van der Waals surface area contributed by atoms with Gasteiger partial charge in [-0.3, -0.25) is 0 Å². The number of aromatic nitrogens is 4. The van der Waals surface area contributed by atoms with Crippen LogP contribution in [0.3, 0.4) is 0 Å². The highest BCUT2D eigenvalue weighted by Gasteiger charge is 2.32. The second-order valence-corrected chi connectivity index (χ2v) is 6.35. The molecule has 6 nitrogen and oxygen atoms in total. The van der Waals surface area contributed by atoms with Gasteiger partial charge in [0.2, 0.25) is 0 Å². The fraction of sp³-hybridized carbons (Fsp3) is 0.529. The first kappa shape index (κ1) is 14.2. The second-order valence-electron chi connectivity index (χ2n) is 6.35. The lowest BCUT2D eigenvalue weighted by Crippen LogP contribution is -2.26. The number of nitriles is 1. The molecule has 0 aromatic carbocycles. The Morgan fingerprint density at radius 1 is 1.17 bits per heavy atom. The van der Waals surface area contributed by atoms with Crippen LogP contribution < -0.4 is 4.90 Å². The molecule has 0 radical (unpaired) electrons. The molecule has 0 bridgehead atoms. The number of imidazole rings is 1. The molecule has 6 heteroatoms. The Morgan fingerprint density at radius 3 is 2.78 bits per heavy atom. The molecule has 4 rings (SSSR count). The molecule has 2 aliphatic rings. The van der Waals surface area contributed by atoms with Crippen LogP contribution in [0.1, 0.15) is 54.6 Å². The highest BCUT2D eigenvalue weighted by molar-refractivity contribution is 5.42. The molecule has 2 aromatic heterocycles. The maximum Gasteiger partial charge on any atom is 0.158 e. The lowest BCUT2D eigenvalue weighted by atomic mass is 10.0. The number of rotatable bonds is 2. The van der Waals surface area contributed by atoms with Crippen LogP contribution in [-0.2, 0) is 19.9 Å². The molecule has 1 aliphatic carbocycles. The van der Waals surface area contributed by atoms with E-state index in [1.54, 1.807) is 12.4 Å². The largest absolute Gasteiger partial charge is 0.345 e. The molecule has 0 spiro atoms. The van der Waals surface area contributed by atoms with E-state index >= 15 is 0 Å². The summed E-state index contributed by atoms with van der Waals surface area (Å²) < 4.78 is 2.30. The molecule has 0 saturated carbocycles. The zero-order valence-electron chi connectivity index (χ0n) is 13.4. The Balaban J connectivity index is 1.68. The first-order valence-electron chi connectivity index (χ1n) is 8.31. The van der Waals surface area contributed by atoms with Crippen LogP contribution >= 0.6 is 0 Å². The quantitative estimate of drug-likeness (QED) is 0.851. The van der Waals surface area contributed by atoms with Crippen molar-refractivity contribution in [2.45, 2.75) is 44.6 Å². The Kier molecular flexibility index (Phi) is 3.49. The standard InChI is InChI=1S/C17H20N6/c1-22-14-6-3-2-5-13(14)21-17(22)15-7-4-8-23(15)16-11-19-12(9-18)10-20-16/h10-11,15H,2-8H2,1H3. The number of hydrogen-bond donors (Lipinski definition) is 0. The summed E-state index contributed by atoms with van der Waals surface area (Å²) in [7, 11) is 2.15. The highest BCUT2D eigenvalue weighted by atomic mass is 15.3. The summed E-state index contributed by atoms with van der Waals surface area (Å²) in [5.74, 6) is 1.99. The average molecular weight is 308 g/mol. The van der Waals surface area contributed by atoms with E-state index in [1.165, 1.54) is 24.2 Å². The Labute approximate surface area is 135 Å². The lowest BCUT2D eigenvalue weighted by Gasteiger charge is -2.25. The fourth-order valence-corrected chi connectivity index (χ4v) is 3.84. The molecular formula is C17H20N6. The molecule has 23 heavy (non-hydrogen) atoms. The molecule has 118 valence electrons. The molecule has 1 saturated heterocycles. The summed E-state index contributed by atoms with van der Waals surface area (Å²) in [6.45, 7) is 0.961. The van der Waals surface area contributed by atoms with Crippen LogP contribution in [0.2, 0.25) is 0 Å². The zero-order chi connectivity index (χ0) is 15.8. The van der Waals surface area contributed by atoms with E-state index in [4.69, 9.17) is 10.2 Å². The summed E-state index contributed by atoms with van der Waals surface area (Å²) in [4.78, 5) is 15.8. The minimum absolute atomic E-state index is 0.257. The van der Waals surface area contributed by atoms with Gasteiger partial charge < -0.3 is 9.47 Å². The molecule has 1 unspecified atom stereocenters. The number of anilines is 1. The maximum absolute atomic E-state index is 8.87. The van der Waals surface area contributed by atoms with Crippen LogP contribution in [0.15, 0.2) is 12.4 Å². The van der Waals surface area contributed by atoms with Crippen molar-refractivity contribution in [3.05, 3.63) is 35.3 Å². The van der Waals surface area contributed by atoms with Crippen molar-refractivity contribution >= 4 is 5.82 Å². The predicted octanol–water partition coefficient (Wildman–Crippen LogP) is 2.30. The smallest absolute Gasteiger partial charge is 0.158 e. The van der Waals surface area contributed by atoms with E-state index in [0.717, 1.165) is 43.9 Å². The van der Waals surface area contributed by atoms with E-state index in [2.05, 4.69) is 26.5 Å². The second kappa shape index (κ2) is 5.65. The summed E-state index contributed by atoms with van der Waals surface area (Å²) >= 11 is 0. The van der Waals surface area contributed by atoms with Crippen LogP contribution in [0, 0.1) is 11.3 Å². The van der Waals surface area contributed by atoms with E-state index in [1.807, 2.05) is 6.07 Å². The summed E-state index contributed by atoms with van der Waals surface area (Å²) in [5.41, 5.74) is 3.05. The zero-order valence-corrected chi connectivity index (χ0v) is 13.4. The summed E-state index contributed by atoms with van der Waals surface area (Å²) in [6, 6.07) is 2.28. The number of nitrogens with zero attached hydrogens (tertiary/aromatic N) is 6. The molecule has 0 amide bonds. The van der Waals surface area contributed by atoms with Gasteiger partial charge in [-0.2, -0.15) is 5.26 Å². The minimum atomic E-state index is 0.257. The van der Waals surface area contributed by atoms with Crippen molar-refractivity contribution in [1.29, 1.82) is 5.26 Å². The molecule has 2 aromatic rings. The minimum Gasteiger partial charge on any atom is -0.345 e. The SMILES string of the molecule is Cn1c(C2CCCN2c2cnc(C#N)cn2)nc2c1CCCC2. The normalized spacial score (nSPS) is 20.3. The lowest BCUT2D eigenvalue weighted by molar-refractivity contribution is 0.606. The number of fused-ring (bicyclic) bond motifs is 1. The van der Waals surface area contributed by atoms with Crippen molar-refractivity contribution in [3.63, 3.8) is 0 Å². The van der Waals surface area contributed by atoms with Crippen molar-refractivity contribution < 1.29 is 0 Å². The van der Waals surface area contributed by atoms with Crippen molar-refractivity contribution in [2.24, 2.45) is 7.05 Å². The molecule has 1 aliphatic heterocycles. The van der Waals surface area contributed by atoms with Crippen molar-refractivity contribution in [3.8, 4) is 6.07 Å². The highest BCUT2D eigenvalue weighted by Crippen LogP contribution is 2.36.